The highest BCUT2D eigenvalue weighted by molar-refractivity contribution is 5.86. The molecule has 0 aliphatic rings. The average molecular weight is 345 g/mol. The van der Waals surface area contributed by atoms with Gasteiger partial charge >= 0.3 is 0 Å². The highest BCUT2D eigenvalue weighted by atomic mass is 16.5. The summed E-state index contributed by atoms with van der Waals surface area (Å²) < 4.78 is 5.57. The van der Waals surface area contributed by atoms with E-state index in [4.69, 9.17) is 4.74 Å². The van der Waals surface area contributed by atoms with Crippen LogP contribution < -0.4 is 10.1 Å². The number of nitrogens with one attached hydrogen (secondary N) is 1. The van der Waals surface area contributed by atoms with Gasteiger partial charge in [-0.1, -0.05) is 36.9 Å². The van der Waals surface area contributed by atoms with E-state index in [2.05, 4.69) is 21.9 Å². The standard InChI is InChI=1S/C21H19N3O2/c1-2-21(25)22-13-14-26-18-11-8-16(9-12-18)7-10-17-15-23-19-5-3-4-6-20(19)24-17/h2-12,15H,1,13-14H2,(H,22,25)/b10-7+. The van der Waals surface area contributed by atoms with Crippen LogP contribution >= 0.6 is 0 Å². The highest BCUT2D eigenvalue weighted by Gasteiger charge is 1.98. The lowest BCUT2D eigenvalue weighted by Crippen LogP contribution is -2.26. The number of ether oxygens (including phenoxy) is 1. The molecule has 1 amide bonds. The molecule has 0 fully saturated rings. The van der Waals surface area contributed by atoms with E-state index >= 15 is 0 Å². The minimum Gasteiger partial charge on any atom is -0.492 e. The lowest BCUT2D eigenvalue weighted by Gasteiger charge is -2.06. The summed E-state index contributed by atoms with van der Waals surface area (Å²) in [5.41, 5.74) is 3.60. The SMILES string of the molecule is C=CC(=O)NCCOc1ccc(/C=C/c2cnc3ccccc3n2)cc1. The predicted octanol–water partition coefficient (Wildman–Crippen LogP) is 3.48. The molecule has 2 aromatic carbocycles. The van der Waals surface area contributed by atoms with E-state index in [1.54, 1.807) is 6.20 Å². The highest BCUT2D eigenvalue weighted by Crippen LogP contribution is 2.15. The Labute approximate surface area is 152 Å². The lowest BCUT2D eigenvalue weighted by atomic mass is 10.2. The Morgan fingerprint density at radius 2 is 1.85 bits per heavy atom. The molecule has 0 aliphatic heterocycles. The van der Waals surface area contributed by atoms with E-state index in [1.807, 2.05) is 60.7 Å². The van der Waals surface area contributed by atoms with Gasteiger partial charge < -0.3 is 10.1 Å². The van der Waals surface area contributed by atoms with Crippen LogP contribution in [0.25, 0.3) is 23.2 Å². The summed E-state index contributed by atoms with van der Waals surface area (Å²) >= 11 is 0. The molecule has 130 valence electrons. The van der Waals surface area contributed by atoms with Gasteiger partial charge in [-0.2, -0.15) is 0 Å². The molecule has 0 radical (unpaired) electrons. The Bertz CT molecular complexity index is 933. The van der Waals surface area contributed by atoms with Gasteiger partial charge in [-0.05, 0) is 42.0 Å². The molecule has 1 aromatic heterocycles. The van der Waals surface area contributed by atoms with Crippen LogP contribution in [0, 0.1) is 0 Å². The number of carbonyl (C=O) groups is 1. The van der Waals surface area contributed by atoms with Crippen LogP contribution in [0.3, 0.4) is 0 Å². The minimum atomic E-state index is -0.203. The summed E-state index contributed by atoms with van der Waals surface area (Å²) in [6, 6.07) is 15.5. The van der Waals surface area contributed by atoms with E-state index in [9.17, 15) is 4.79 Å². The second-order valence-corrected chi connectivity index (χ2v) is 5.53. The summed E-state index contributed by atoms with van der Waals surface area (Å²) in [4.78, 5) is 20.0. The van der Waals surface area contributed by atoms with E-state index < -0.39 is 0 Å². The van der Waals surface area contributed by atoms with Crippen molar-refractivity contribution in [1.29, 1.82) is 0 Å². The number of hydrogen-bond acceptors (Lipinski definition) is 4. The Morgan fingerprint density at radius 1 is 1.08 bits per heavy atom. The first-order valence-electron chi connectivity index (χ1n) is 8.27. The van der Waals surface area contributed by atoms with Gasteiger partial charge in [-0.3, -0.25) is 9.78 Å². The first kappa shape index (κ1) is 17.4. The van der Waals surface area contributed by atoms with Gasteiger partial charge in [0.15, 0.2) is 0 Å². The number of carbonyl (C=O) groups excluding carboxylic acids is 1. The number of rotatable bonds is 7. The molecule has 0 saturated heterocycles. The van der Waals surface area contributed by atoms with Gasteiger partial charge in [0.25, 0.3) is 0 Å². The van der Waals surface area contributed by atoms with Crippen LogP contribution in [0.15, 0.2) is 67.4 Å². The topological polar surface area (TPSA) is 64.1 Å². The first-order valence-corrected chi connectivity index (χ1v) is 8.27. The number of fused-ring (bicyclic) bond motifs is 1. The molecular weight excluding hydrogens is 326 g/mol. The number of para-hydroxylation sites is 2. The third-order valence-electron chi connectivity index (χ3n) is 3.65. The molecule has 3 rings (SSSR count). The zero-order valence-electron chi connectivity index (χ0n) is 14.3. The molecule has 0 unspecified atom stereocenters. The van der Waals surface area contributed by atoms with Gasteiger partial charge in [-0.25, -0.2) is 4.98 Å². The molecule has 1 heterocycles. The average Bonchev–Trinajstić information content (AvgIpc) is 2.70. The molecule has 5 heteroatoms. The number of aromatic nitrogens is 2. The first-order chi connectivity index (χ1) is 12.7. The second-order valence-electron chi connectivity index (χ2n) is 5.53. The molecule has 5 nitrogen and oxygen atoms in total. The molecule has 0 spiro atoms. The molecular formula is C21H19N3O2. The van der Waals surface area contributed by atoms with E-state index in [-0.39, 0.29) is 5.91 Å². The van der Waals surface area contributed by atoms with Crippen molar-refractivity contribution in [2.75, 3.05) is 13.2 Å². The van der Waals surface area contributed by atoms with Crippen LogP contribution in [0.5, 0.6) is 5.75 Å². The molecule has 1 N–H and O–H groups in total. The van der Waals surface area contributed by atoms with Crippen molar-refractivity contribution in [1.82, 2.24) is 15.3 Å². The van der Waals surface area contributed by atoms with Crippen molar-refractivity contribution >= 4 is 29.1 Å². The third kappa shape index (κ3) is 4.77. The summed E-state index contributed by atoms with van der Waals surface area (Å²) in [6.45, 7) is 4.24. The second kappa shape index (κ2) is 8.58. The van der Waals surface area contributed by atoms with Gasteiger partial charge in [0.05, 0.1) is 29.5 Å². The number of benzene rings is 2. The fourth-order valence-electron chi connectivity index (χ4n) is 2.32. The van der Waals surface area contributed by atoms with Crippen LogP contribution in [0.1, 0.15) is 11.3 Å². The van der Waals surface area contributed by atoms with Crippen molar-refractivity contribution in [2.24, 2.45) is 0 Å². The van der Waals surface area contributed by atoms with Crippen molar-refractivity contribution in [2.45, 2.75) is 0 Å². The van der Waals surface area contributed by atoms with Crippen LogP contribution in [-0.2, 0) is 4.79 Å². The smallest absolute Gasteiger partial charge is 0.243 e. The number of amides is 1. The maximum absolute atomic E-state index is 11.0. The van der Waals surface area contributed by atoms with Crippen LogP contribution in [-0.4, -0.2) is 29.0 Å². The van der Waals surface area contributed by atoms with Crippen LogP contribution in [0.2, 0.25) is 0 Å². The maximum atomic E-state index is 11.0. The monoisotopic (exact) mass is 345 g/mol. The van der Waals surface area contributed by atoms with E-state index in [1.165, 1.54) is 6.08 Å². The predicted molar refractivity (Wildman–Crippen MR) is 104 cm³/mol. The molecule has 0 aliphatic carbocycles. The van der Waals surface area contributed by atoms with Gasteiger partial charge in [0.2, 0.25) is 5.91 Å². The minimum absolute atomic E-state index is 0.203. The summed E-state index contributed by atoms with van der Waals surface area (Å²) in [5.74, 6) is 0.548. The Hall–Kier alpha value is -3.47. The Kier molecular flexibility index (Phi) is 5.72. The summed E-state index contributed by atoms with van der Waals surface area (Å²) in [7, 11) is 0. The van der Waals surface area contributed by atoms with Crippen molar-refractivity contribution in [3.8, 4) is 5.75 Å². The molecule has 0 bridgehead atoms. The van der Waals surface area contributed by atoms with E-state index in [0.29, 0.717) is 13.2 Å². The fraction of sp³-hybridized carbons (Fsp3) is 0.0952. The van der Waals surface area contributed by atoms with E-state index in [0.717, 1.165) is 28.0 Å². The zero-order valence-corrected chi connectivity index (χ0v) is 14.3. The lowest BCUT2D eigenvalue weighted by molar-refractivity contribution is -0.116. The Morgan fingerprint density at radius 3 is 2.62 bits per heavy atom. The zero-order chi connectivity index (χ0) is 18.2. The van der Waals surface area contributed by atoms with Gasteiger partial charge in [-0.15, -0.1) is 0 Å². The quantitative estimate of drug-likeness (QED) is 0.526. The van der Waals surface area contributed by atoms with Crippen LogP contribution in [0.4, 0.5) is 0 Å². The third-order valence-corrected chi connectivity index (χ3v) is 3.65. The molecule has 3 aromatic rings. The van der Waals surface area contributed by atoms with Crippen molar-refractivity contribution in [3.05, 3.63) is 78.6 Å². The Balaban J connectivity index is 1.56. The normalized spacial score (nSPS) is 10.8. The molecule has 0 atom stereocenters. The van der Waals surface area contributed by atoms with Gasteiger partial charge in [0, 0.05) is 0 Å². The number of nitrogens with zero attached hydrogens (tertiary/aromatic N) is 2. The van der Waals surface area contributed by atoms with Gasteiger partial charge in [0.1, 0.15) is 12.4 Å². The summed E-state index contributed by atoms with van der Waals surface area (Å²) in [5, 5.41) is 2.66. The largest absolute Gasteiger partial charge is 0.492 e. The molecule has 0 saturated carbocycles. The molecule has 26 heavy (non-hydrogen) atoms. The maximum Gasteiger partial charge on any atom is 0.243 e. The van der Waals surface area contributed by atoms with Crippen molar-refractivity contribution in [3.63, 3.8) is 0 Å². The van der Waals surface area contributed by atoms with Crippen molar-refractivity contribution < 1.29 is 9.53 Å². The summed E-state index contributed by atoms with van der Waals surface area (Å²) in [6.07, 6.45) is 6.90. The number of hydrogen-bond donors (Lipinski definition) is 1. The fourth-order valence-corrected chi connectivity index (χ4v) is 2.32.